The van der Waals surface area contributed by atoms with Gasteiger partial charge >= 0.3 is 5.97 Å². The van der Waals surface area contributed by atoms with Crippen LogP contribution in [0.4, 0.5) is 0 Å². The van der Waals surface area contributed by atoms with E-state index < -0.39 is 0 Å². The van der Waals surface area contributed by atoms with Crippen LogP contribution in [-0.2, 0) is 14.3 Å². The van der Waals surface area contributed by atoms with Gasteiger partial charge in [-0.1, -0.05) is 20.8 Å². The van der Waals surface area contributed by atoms with E-state index in [1.807, 2.05) is 20.8 Å². The number of cyclic esters (lactones) is 1. The van der Waals surface area contributed by atoms with Gasteiger partial charge in [-0.05, 0) is 18.8 Å². The Labute approximate surface area is 84.8 Å². The van der Waals surface area contributed by atoms with Crippen molar-refractivity contribution in [3.05, 3.63) is 0 Å². The Bertz CT molecular complexity index is 250. The number of ketones is 1. The minimum Gasteiger partial charge on any atom is -0.462 e. The van der Waals surface area contributed by atoms with Gasteiger partial charge in [0.15, 0.2) is 0 Å². The van der Waals surface area contributed by atoms with E-state index >= 15 is 0 Å². The predicted molar refractivity (Wildman–Crippen MR) is 52.7 cm³/mol. The Kier molecular flexibility index (Phi) is 2.98. The first-order valence-corrected chi connectivity index (χ1v) is 5.00. The average molecular weight is 198 g/mol. The van der Waals surface area contributed by atoms with Crippen LogP contribution in [0.1, 0.15) is 40.5 Å². The first kappa shape index (κ1) is 11.2. The molecule has 0 radical (unpaired) electrons. The number of carbonyl (C=O) groups excluding carboxylic acids is 2. The van der Waals surface area contributed by atoms with Crippen LogP contribution in [0.5, 0.6) is 0 Å². The van der Waals surface area contributed by atoms with E-state index in [2.05, 4.69) is 0 Å². The van der Waals surface area contributed by atoms with E-state index in [1.165, 1.54) is 6.92 Å². The lowest BCUT2D eigenvalue weighted by Crippen LogP contribution is -2.25. The van der Waals surface area contributed by atoms with Crippen molar-refractivity contribution in [1.82, 2.24) is 0 Å². The van der Waals surface area contributed by atoms with Crippen molar-refractivity contribution in [1.29, 1.82) is 0 Å². The van der Waals surface area contributed by atoms with Crippen molar-refractivity contribution in [3.63, 3.8) is 0 Å². The van der Waals surface area contributed by atoms with Gasteiger partial charge in [0.1, 0.15) is 11.9 Å². The summed E-state index contributed by atoms with van der Waals surface area (Å²) >= 11 is 0. The first-order valence-electron chi connectivity index (χ1n) is 5.00. The smallest absolute Gasteiger partial charge is 0.309 e. The molecular weight excluding hydrogens is 180 g/mol. The van der Waals surface area contributed by atoms with E-state index in [-0.39, 0.29) is 29.2 Å². The number of esters is 1. The Morgan fingerprint density at radius 3 is 2.43 bits per heavy atom. The Hall–Kier alpha value is -0.860. The number of hydrogen-bond donors (Lipinski definition) is 0. The quantitative estimate of drug-likeness (QED) is 0.637. The summed E-state index contributed by atoms with van der Waals surface area (Å²) in [7, 11) is 0. The van der Waals surface area contributed by atoms with Crippen LogP contribution in [0.2, 0.25) is 0 Å². The normalized spacial score (nSPS) is 27.6. The molecule has 1 aliphatic rings. The van der Waals surface area contributed by atoms with Crippen LogP contribution < -0.4 is 0 Å². The molecule has 0 unspecified atom stereocenters. The molecule has 3 heteroatoms. The van der Waals surface area contributed by atoms with Gasteiger partial charge < -0.3 is 9.53 Å². The Balaban J connectivity index is 2.60. The van der Waals surface area contributed by atoms with Crippen LogP contribution in [0.15, 0.2) is 0 Å². The number of carbonyl (C=O) groups is 2. The fourth-order valence-electron chi connectivity index (χ4n) is 1.68. The van der Waals surface area contributed by atoms with Gasteiger partial charge in [-0.15, -0.1) is 0 Å². The van der Waals surface area contributed by atoms with Crippen LogP contribution in [-0.4, -0.2) is 17.9 Å². The summed E-state index contributed by atoms with van der Waals surface area (Å²) < 4.78 is 5.25. The van der Waals surface area contributed by atoms with Gasteiger partial charge in [0.2, 0.25) is 0 Å². The highest BCUT2D eigenvalue weighted by Gasteiger charge is 2.40. The zero-order chi connectivity index (χ0) is 10.9. The molecule has 1 aliphatic heterocycles. The molecule has 0 aromatic heterocycles. The maximum Gasteiger partial charge on any atom is 0.309 e. The van der Waals surface area contributed by atoms with Gasteiger partial charge in [0.25, 0.3) is 0 Å². The topological polar surface area (TPSA) is 43.4 Å². The second kappa shape index (κ2) is 3.71. The number of Topliss-reactive ketones (excluding diaryl/α,β-unsaturated/α-hetero) is 1. The predicted octanol–water partition coefficient (Wildman–Crippen LogP) is 1.94. The highest BCUT2D eigenvalue weighted by atomic mass is 16.6. The molecule has 0 aromatic rings. The zero-order valence-corrected chi connectivity index (χ0v) is 9.29. The largest absolute Gasteiger partial charge is 0.462 e. The molecule has 0 bridgehead atoms. The molecule has 14 heavy (non-hydrogen) atoms. The molecule has 1 saturated heterocycles. The van der Waals surface area contributed by atoms with Gasteiger partial charge in [0.05, 0.1) is 5.92 Å². The summed E-state index contributed by atoms with van der Waals surface area (Å²) in [5, 5.41) is 0. The first-order chi connectivity index (χ1) is 6.30. The lowest BCUT2D eigenvalue weighted by atomic mass is 9.84. The van der Waals surface area contributed by atoms with Crippen molar-refractivity contribution >= 4 is 11.8 Å². The van der Waals surface area contributed by atoms with Crippen molar-refractivity contribution < 1.29 is 14.3 Å². The van der Waals surface area contributed by atoms with E-state index in [1.54, 1.807) is 0 Å². The molecule has 1 heterocycles. The van der Waals surface area contributed by atoms with Crippen molar-refractivity contribution in [2.75, 3.05) is 0 Å². The molecule has 3 nitrogen and oxygen atoms in total. The molecule has 0 N–H and O–H groups in total. The number of ether oxygens (including phenoxy) is 1. The molecule has 0 amide bonds. The molecule has 1 fully saturated rings. The van der Waals surface area contributed by atoms with E-state index in [4.69, 9.17) is 4.74 Å². The highest BCUT2D eigenvalue weighted by Crippen LogP contribution is 2.35. The molecule has 0 aromatic carbocycles. The minimum absolute atomic E-state index is 0.0266. The van der Waals surface area contributed by atoms with Gasteiger partial charge in [-0.3, -0.25) is 4.79 Å². The van der Waals surface area contributed by atoms with Crippen molar-refractivity contribution in [2.45, 2.75) is 46.6 Å². The highest BCUT2D eigenvalue weighted by molar-refractivity contribution is 5.83. The van der Waals surface area contributed by atoms with Gasteiger partial charge in [0, 0.05) is 6.42 Å². The molecule has 2 atom stereocenters. The van der Waals surface area contributed by atoms with Crippen LogP contribution in [0.3, 0.4) is 0 Å². The summed E-state index contributed by atoms with van der Waals surface area (Å²) in [6, 6.07) is 0. The monoisotopic (exact) mass is 198 g/mol. The van der Waals surface area contributed by atoms with E-state index in [9.17, 15) is 9.59 Å². The summed E-state index contributed by atoms with van der Waals surface area (Å²) in [6.07, 6.45) is 0.965. The molecule has 0 aliphatic carbocycles. The van der Waals surface area contributed by atoms with Crippen LogP contribution in [0.25, 0.3) is 0 Å². The Morgan fingerprint density at radius 2 is 2.07 bits per heavy atom. The lowest BCUT2D eigenvalue weighted by molar-refractivity contribution is -0.148. The minimum atomic E-state index is -0.211. The molecule has 80 valence electrons. The Morgan fingerprint density at radius 1 is 1.50 bits per heavy atom. The summed E-state index contributed by atoms with van der Waals surface area (Å²) in [6.45, 7) is 7.64. The summed E-state index contributed by atoms with van der Waals surface area (Å²) in [5.74, 6) is -0.363. The fraction of sp³-hybridized carbons (Fsp3) is 0.818. The van der Waals surface area contributed by atoms with Crippen LogP contribution >= 0.6 is 0 Å². The molecule has 1 rings (SSSR count). The second-order valence-electron chi connectivity index (χ2n) is 5.13. The van der Waals surface area contributed by atoms with Crippen LogP contribution in [0, 0.1) is 11.3 Å². The number of rotatable bonds is 2. The van der Waals surface area contributed by atoms with Gasteiger partial charge in [-0.25, -0.2) is 0 Å². The standard InChI is InChI=1S/C11H18O3/c1-7(12)5-8-6-9(11(2,3)4)14-10(8)13/h8-9H,5-6H2,1-4H3/t8-,9+/m0/s1. The lowest BCUT2D eigenvalue weighted by Gasteiger charge is -2.24. The fourth-order valence-corrected chi connectivity index (χ4v) is 1.68. The third-order valence-corrected chi connectivity index (χ3v) is 2.59. The summed E-state index contributed by atoms with van der Waals surface area (Å²) in [4.78, 5) is 22.3. The molecule has 0 spiro atoms. The molecule has 0 saturated carbocycles. The summed E-state index contributed by atoms with van der Waals surface area (Å²) in [5.41, 5.74) is -0.0266. The number of hydrogen-bond acceptors (Lipinski definition) is 3. The van der Waals surface area contributed by atoms with Gasteiger partial charge in [-0.2, -0.15) is 0 Å². The van der Waals surface area contributed by atoms with Crippen molar-refractivity contribution in [3.8, 4) is 0 Å². The third kappa shape index (κ3) is 2.56. The zero-order valence-electron chi connectivity index (χ0n) is 9.29. The maximum absolute atomic E-state index is 11.4. The maximum atomic E-state index is 11.4. The average Bonchev–Trinajstić information content (AvgIpc) is 2.30. The molecular formula is C11H18O3. The second-order valence-corrected chi connectivity index (χ2v) is 5.13. The van der Waals surface area contributed by atoms with E-state index in [0.29, 0.717) is 12.8 Å². The van der Waals surface area contributed by atoms with E-state index in [0.717, 1.165) is 0 Å². The van der Waals surface area contributed by atoms with Crippen molar-refractivity contribution in [2.24, 2.45) is 11.3 Å². The third-order valence-electron chi connectivity index (χ3n) is 2.59. The SMILES string of the molecule is CC(=O)C[C@H]1C[C@H](C(C)(C)C)OC1=O.